The maximum Gasteiger partial charge on any atom is 0.237 e. The summed E-state index contributed by atoms with van der Waals surface area (Å²) < 4.78 is 0. The Kier molecular flexibility index (Phi) is 4.17. The molecule has 4 atom stereocenters. The highest BCUT2D eigenvalue weighted by molar-refractivity contribution is 5.89. The predicted octanol–water partition coefficient (Wildman–Crippen LogP) is -0.574. The zero-order valence-corrected chi connectivity index (χ0v) is 12.6. The highest BCUT2D eigenvalue weighted by Gasteiger charge is 2.42. The van der Waals surface area contributed by atoms with Crippen molar-refractivity contribution >= 4 is 11.8 Å². The molecule has 2 N–H and O–H groups in total. The van der Waals surface area contributed by atoms with Crippen LogP contribution in [0, 0.1) is 11.8 Å². The molecular weight excluding hydrogens is 270 g/mol. The third kappa shape index (κ3) is 2.92. The number of hydrogen-bond donors (Lipinski definition) is 2. The van der Waals surface area contributed by atoms with Gasteiger partial charge in [0.1, 0.15) is 0 Å². The van der Waals surface area contributed by atoms with E-state index in [0.29, 0.717) is 18.4 Å². The van der Waals surface area contributed by atoms with Crippen molar-refractivity contribution in [1.82, 2.24) is 15.1 Å². The molecule has 6 nitrogen and oxygen atoms in total. The van der Waals surface area contributed by atoms with Crippen LogP contribution in [-0.4, -0.2) is 71.6 Å². The van der Waals surface area contributed by atoms with Gasteiger partial charge in [-0.25, -0.2) is 0 Å². The minimum atomic E-state index is -0.317. The molecular formula is C15H25N3O3. The first-order chi connectivity index (χ1) is 10.1. The number of fused-ring (bicyclic) bond motifs is 1. The molecule has 3 rings (SSSR count). The minimum Gasteiger partial charge on any atom is -0.393 e. The van der Waals surface area contributed by atoms with Crippen molar-refractivity contribution in [3.63, 3.8) is 0 Å². The Hall–Kier alpha value is -1.14. The quantitative estimate of drug-likeness (QED) is 0.731. The first kappa shape index (κ1) is 14.8. The van der Waals surface area contributed by atoms with E-state index in [2.05, 4.69) is 10.2 Å². The lowest BCUT2D eigenvalue weighted by Crippen LogP contribution is -2.56. The molecule has 0 radical (unpaired) electrons. The molecule has 0 aromatic carbocycles. The van der Waals surface area contributed by atoms with E-state index in [1.807, 2.05) is 11.8 Å². The largest absolute Gasteiger partial charge is 0.393 e. The summed E-state index contributed by atoms with van der Waals surface area (Å²) in [7, 11) is 0. The van der Waals surface area contributed by atoms with Gasteiger partial charge < -0.3 is 15.3 Å². The van der Waals surface area contributed by atoms with E-state index in [0.717, 1.165) is 39.0 Å². The lowest BCUT2D eigenvalue weighted by Gasteiger charge is -2.34. The normalized spacial score (nSPS) is 36.7. The van der Waals surface area contributed by atoms with Gasteiger partial charge in [0.15, 0.2) is 0 Å². The Bertz CT molecular complexity index is 414. The zero-order chi connectivity index (χ0) is 15.0. The molecule has 1 aliphatic carbocycles. The summed E-state index contributed by atoms with van der Waals surface area (Å²) in [4.78, 5) is 28.5. The zero-order valence-electron chi connectivity index (χ0n) is 12.6. The number of rotatable bonds is 3. The number of nitrogens with zero attached hydrogens (tertiary/aromatic N) is 2. The Morgan fingerprint density at radius 2 is 2.00 bits per heavy atom. The van der Waals surface area contributed by atoms with E-state index < -0.39 is 0 Å². The SMILES string of the molecule is CCN1CCNC(=O)C1CC(=O)N1C[C@H]2CC(O)C[C@H]2C1. The Balaban J connectivity index is 1.58. The average Bonchev–Trinajstić information content (AvgIpc) is 2.98. The molecule has 2 amide bonds. The fourth-order valence-electron chi connectivity index (χ4n) is 4.13. The van der Waals surface area contributed by atoms with Gasteiger partial charge in [0.05, 0.1) is 18.6 Å². The van der Waals surface area contributed by atoms with E-state index in [4.69, 9.17) is 0 Å². The van der Waals surface area contributed by atoms with Crippen molar-refractivity contribution in [2.75, 3.05) is 32.7 Å². The Morgan fingerprint density at radius 1 is 1.33 bits per heavy atom. The number of piperazine rings is 1. The van der Waals surface area contributed by atoms with Crippen molar-refractivity contribution in [1.29, 1.82) is 0 Å². The van der Waals surface area contributed by atoms with Gasteiger partial charge in [-0.05, 0) is 31.2 Å². The molecule has 0 bridgehead atoms. The van der Waals surface area contributed by atoms with Gasteiger partial charge in [-0.1, -0.05) is 6.92 Å². The molecule has 0 aromatic heterocycles. The second-order valence-corrected chi connectivity index (χ2v) is 6.58. The number of hydrogen-bond acceptors (Lipinski definition) is 4. The maximum atomic E-state index is 12.5. The first-order valence-electron chi connectivity index (χ1n) is 8.06. The summed E-state index contributed by atoms with van der Waals surface area (Å²) in [6.45, 7) is 5.81. The van der Waals surface area contributed by atoms with E-state index in [-0.39, 0.29) is 30.4 Å². The Morgan fingerprint density at radius 3 is 2.62 bits per heavy atom. The monoisotopic (exact) mass is 295 g/mol. The molecule has 2 unspecified atom stereocenters. The molecule has 2 heterocycles. The smallest absolute Gasteiger partial charge is 0.237 e. The number of aliphatic hydroxyl groups is 1. The van der Waals surface area contributed by atoms with Gasteiger partial charge >= 0.3 is 0 Å². The minimum absolute atomic E-state index is 0.0220. The van der Waals surface area contributed by atoms with Crippen LogP contribution in [-0.2, 0) is 9.59 Å². The summed E-state index contributed by atoms with van der Waals surface area (Å²) in [5, 5.41) is 12.5. The van der Waals surface area contributed by atoms with Gasteiger partial charge in [0.2, 0.25) is 11.8 Å². The van der Waals surface area contributed by atoms with Crippen LogP contribution in [0.1, 0.15) is 26.2 Å². The second-order valence-electron chi connectivity index (χ2n) is 6.58. The topological polar surface area (TPSA) is 72.9 Å². The first-order valence-corrected chi connectivity index (χ1v) is 8.06. The van der Waals surface area contributed by atoms with Gasteiger partial charge in [0.25, 0.3) is 0 Å². The molecule has 3 aliphatic rings. The molecule has 118 valence electrons. The highest BCUT2D eigenvalue weighted by atomic mass is 16.3. The van der Waals surface area contributed by atoms with E-state index in [1.165, 1.54) is 0 Å². The van der Waals surface area contributed by atoms with Gasteiger partial charge in [-0.15, -0.1) is 0 Å². The fraction of sp³-hybridized carbons (Fsp3) is 0.867. The van der Waals surface area contributed by atoms with Crippen molar-refractivity contribution in [3.05, 3.63) is 0 Å². The van der Waals surface area contributed by atoms with Crippen LogP contribution < -0.4 is 5.32 Å². The number of carbonyl (C=O) groups excluding carboxylic acids is 2. The van der Waals surface area contributed by atoms with Crippen LogP contribution in [0.25, 0.3) is 0 Å². The Labute approximate surface area is 125 Å². The van der Waals surface area contributed by atoms with E-state index >= 15 is 0 Å². The van der Waals surface area contributed by atoms with Crippen molar-refractivity contribution in [3.8, 4) is 0 Å². The van der Waals surface area contributed by atoms with Crippen LogP contribution in [0.15, 0.2) is 0 Å². The number of amides is 2. The van der Waals surface area contributed by atoms with E-state index in [9.17, 15) is 14.7 Å². The number of likely N-dealkylation sites (N-methyl/N-ethyl adjacent to an activating group) is 1. The number of nitrogens with one attached hydrogen (secondary N) is 1. The standard InChI is InChI=1S/C15H25N3O3/c1-2-17-4-3-16-15(21)13(17)7-14(20)18-8-10-5-12(19)6-11(10)9-18/h10-13,19H,2-9H2,1H3,(H,16,21)/t10-,11+,12?,13?. The number of aliphatic hydroxyl groups excluding tert-OH is 1. The lowest BCUT2D eigenvalue weighted by atomic mass is 10.0. The maximum absolute atomic E-state index is 12.5. The van der Waals surface area contributed by atoms with Crippen LogP contribution in [0.5, 0.6) is 0 Å². The second kappa shape index (κ2) is 5.93. The fourth-order valence-corrected chi connectivity index (χ4v) is 4.13. The summed E-state index contributed by atoms with van der Waals surface area (Å²) in [6, 6.07) is -0.317. The summed E-state index contributed by atoms with van der Waals surface area (Å²) in [6.07, 6.45) is 1.73. The lowest BCUT2D eigenvalue weighted by molar-refractivity contribution is -0.138. The number of carbonyl (C=O) groups is 2. The van der Waals surface area contributed by atoms with E-state index in [1.54, 1.807) is 0 Å². The third-order valence-electron chi connectivity index (χ3n) is 5.29. The predicted molar refractivity (Wildman–Crippen MR) is 77.5 cm³/mol. The van der Waals surface area contributed by atoms with Crippen LogP contribution >= 0.6 is 0 Å². The summed E-state index contributed by atoms with van der Waals surface area (Å²) >= 11 is 0. The molecule has 6 heteroatoms. The van der Waals surface area contributed by atoms with Crippen LogP contribution in [0.4, 0.5) is 0 Å². The molecule has 2 saturated heterocycles. The van der Waals surface area contributed by atoms with Gasteiger partial charge in [0, 0.05) is 26.2 Å². The summed E-state index contributed by atoms with van der Waals surface area (Å²) in [5.41, 5.74) is 0. The van der Waals surface area contributed by atoms with Gasteiger partial charge in [-0.3, -0.25) is 14.5 Å². The molecule has 2 aliphatic heterocycles. The third-order valence-corrected chi connectivity index (χ3v) is 5.29. The molecule has 0 aromatic rings. The molecule has 0 spiro atoms. The van der Waals surface area contributed by atoms with Crippen LogP contribution in [0.2, 0.25) is 0 Å². The molecule has 3 fully saturated rings. The molecule has 1 saturated carbocycles. The van der Waals surface area contributed by atoms with Crippen molar-refractivity contribution in [2.24, 2.45) is 11.8 Å². The molecule has 21 heavy (non-hydrogen) atoms. The van der Waals surface area contributed by atoms with Gasteiger partial charge in [-0.2, -0.15) is 0 Å². The van der Waals surface area contributed by atoms with Crippen molar-refractivity contribution < 1.29 is 14.7 Å². The summed E-state index contributed by atoms with van der Waals surface area (Å²) in [5.74, 6) is 0.962. The van der Waals surface area contributed by atoms with Crippen molar-refractivity contribution in [2.45, 2.75) is 38.3 Å². The van der Waals surface area contributed by atoms with Crippen LogP contribution in [0.3, 0.4) is 0 Å². The highest BCUT2D eigenvalue weighted by Crippen LogP contribution is 2.38. The number of likely N-dealkylation sites (tertiary alicyclic amines) is 1. The average molecular weight is 295 g/mol.